The molecule has 1 aliphatic rings. The quantitative estimate of drug-likeness (QED) is 0.167. The van der Waals surface area contributed by atoms with Crippen LogP contribution in [0.5, 0.6) is 11.5 Å². The van der Waals surface area contributed by atoms with Gasteiger partial charge in [-0.05, 0) is 84.8 Å². The highest BCUT2D eigenvalue weighted by Gasteiger charge is 2.27. The number of hydrogen-bond acceptors (Lipinski definition) is 6. The number of ether oxygens (including phenoxy) is 2. The summed E-state index contributed by atoms with van der Waals surface area (Å²) in [4.78, 5) is 56.7. The number of methoxy groups -OCH3 is 2. The summed E-state index contributed by atoms with van der Waals surface area (Å²) in [6, 6.07) is 22.3. The summed E-state index contributed by atoms with van der Waals surface area (Å²) in [5, 5.41) is 5.89. The number of hydrogen-bond donors (Lipinski definition) is 2. The van der Waals surface area contributed by atoms with Gasteiger partial charge in [0.05, 0.1) is 14.2 Å². The maximum absolute atomic E-state index is 13.7. The Labute approximate surface area is 301 Å². The molecule has 51 heavy (non-hydrogen) atoms. The first-order valence-electron chi connectivity index (χ1n) is 17.4. The minimum Gasteiger partial charge on any atom is -0.497 e. The number of amides is 4. The molecule has 0 heterocycles. The summed E-state index contributed by atoms with van der Waals surface area (Å²) in [6.07, 6.45) is 9.08. The van der Waals surface area contributed by atoms with Crippen LogP contribution in [0.4, 0.5) is 11.4 Å². The predicted octanol–water partition coefficient (Wildman–Crippen LogP) is 6.01. The lowest BCUT2D eigenvalue weighted by Gasteiger charge is -2.26. The summed E-state index contributed by atoms with van der Waals surface area (Å²) in [5.41, 5.74) is 3.29. The van der Waals surface area contributed by atoms with Crippen LogP contribution in [0.1, 0.15) is 51.0 Å². The lowest BCUT2D eigenvalue weighted by atomic mass is 9.93. The summed E-state index contributed by atoms with van der Waals surface area (Å²) in [5.74, 6) is 0.712. The van der Waals surface area contributed by atoms with Gasteiger partial charge in [-0.15, -0.1) is 0 Å². The second-order valence-corrected chi connectivity index (χ2v) is 12.9. The second-order valence-electron chi connectivity index (χ2n) is 12.9. The standard InChI is InChI=1S/C41H50N4O6/c1-29-12-11-15-31(26-29)28-37(41(49)45(3)33-20-24-35(51-5)25-21-33)43-39(47)17-10-9-16-38(46)42-36(27-30-13-7-6-8-14-30)40(48)44(2)32-18-22-34(50-4)23-19-32/h6-8,11,13-15,18-26,29,36-37H,9-10,12,16-17,27-28H2,1-5H3,(H,42,46)(H,43,47)/t29?,36-,37-/m0/s1. The average Bonchev–Trinajstić information content (AvgIpc) is 3.15. The van der Waals surface area contributed by atoms with E-state index in [1.165, 1.54) is 4.90 Å². The van der Waals surface area contributed by atoms with E-state index in [1.54, 1.807) is 81.7 Å². The van der Waals surface area contributed by atoms with Crippen molar-refractivity contribution < 1.29 is 28.7 Å². The Morgan fingerprint density at radius 1 is 0.706 bits per heavy atom. The molecule has 10 nitrogen and oxygen atoms in total. The third kappa shape index (κ3) is 11.6. The fourth-order valence-electron chi connectivity index (χ4n) is 5.98. The van der Waals surface area contributed by atoms with Gasteiger partial charge < -0.3 is 29.9 Å². The fourth-order valence-corrected chi connectivity index (χ4v) is 5.98. The zero-order valence-electron chi connectivity index (χ0n) is 30.3. The molecule has 0 saturated carbocycles. The van der Waals surface area contributed by atoms with Gasteiger partial charge in [-0.3, -0.25) is 19.2 Å². The molecule has 0 aromatic heterocycles. The molecule has 1 unspecified atom stereocenters. The number of allylic oxidation sites excluding steroid dienone is 3. The van der Waals surface area contributed by atoms with Crippen molar-refractivity contribution in [2.75, 3.05) is 38.1 Å². The van der Waals surface area contributed by atoms with Gasteiger partial charge in [0.2, 0.25) is 23.6 Å². The zero-order valence-corrected chi connectivity index (χ0v) is 30.3. The van der Waals surface area contributed by atoms with Gasteiger partial charge >= 0.3 is 0 Å². The molecule has 0 bridgehead atoms. The van der Waals surface area contributed by atoms with Gasteiger partial charge in [0.1, 0.15) is 23.6 Å². The van der Waals surface area contributed by atoms with E-state index < -0.39 is 12.1 Å². The first-order chi connectivity index (χ1) is 24.6. The SMILES string of the molecule is COc1ccc(N(C)C(=O)[C@H](CC2=CC(C)CC=C2)NC(=O)CCCCC(=O)N[C@@H](Cc2ccccc2)C(=O)N(C)c2ccc(OC)cc2)cc1. The van der Waals surface area contributed by atoms with E-state index >= 15 is 0 Å². The number of nitrogens with one attached hydrogen (secondary N) is 2. The number of anilines is 2. The monoisotopic (exact) mass is 694 g/mol. The first-order valence-corrected chi connectivity index (χ1v) is 17.4. The second kappa shape index (κ2) is 19.1. The van der Waals surface area contributed by atoms with Crippen molar-refractivity contribution in [2.24, 2.45) is 5.92 Å². The first kappa shape index (κ1) is 38.4. The van der Waals surface area contributed by atoms with E-state index in [0.717, 1.165) is 17.6 Å². The van der Waals surface area contributed by atoms with Gasteiger partial charge in [0, 0.05) is 51.2 Å². The van der Waals surface area contributed by atoms with E-state index in [4.69, 9.17) is 9.47 Å². The topological polar surface area (TPSA) is 117 Å². The summed E-state index contributed by atoms with van der Waals surface area (Å²) >= 11 is 0. The van der Waals surface area contributed by atoms with E-state index in [1.807, 2.05) is 36.4 Å². The molecular weight excluding hydrogens is 644 g/mol. The molecule has 0 aliphatic heterocycles. The molecule has 0 saturated heterocycles. The number of carbonyl (C=O) groups excluding carboxylic acids is 4. The Morgan fingerprint density at radius 2 is 1.18 bits per heavy atom. The molecule has 0 spiro atoms. The summed E-state index contributed by atoms with van der Waals surface area (Å²) < 4.78 is 10.5. The largest absolute Gasteiger partial charge is 0.497 e. The molecule has 0 fully saturated rings. The Balaban J connectivity index is 1.34. The van der Waals surface area contributed by atoms with Crippen molar-refractivity contribution in [1.82, 2.24) is 10.6 Å². The number of unbranched alkanes of at least 4 members (excludes halogenated alkanes) is 1. The van der Waals surface area contributed by atoms with Gasteiger partial charge in [-0.25, -0.2) is 0 Å². The summed E-state index contributed by atoms with van der Waals surface area (Å²) in [6.45, 7) is 2.12. The molecule has 3 atom stereocenters. The minimum absolute atomic E-state index is 0.149. The van der Waals surface area contributed by atoms with Crippen molar-refractivity contribution in [1.29, 1.82) is 0 Å². The third-order valence-electron chi connectivity index (χ3n) is 8.97. The Kier molecular flexibility index (Phi) is 14.4. The fraction of sp³-hybridized carbons (Fsp3) is 0.366. The van der Waals surface area contributed by atoms with E-state index in [9.17, 15) is 19.2 Å². The van der Waals surface area contributed by atoms with Crippen LogP contribution in [0.3, 0.4) is 0 Å². The summed E-state index contributed by atoms with van der Waals surface area (Å²) in [7, 11) is 6.54. The Bertz CT molecular complexity index is 1670. The van der Waals surface area contributed by atoms with Crippen LogP contribution in [0.15, 0.2) is 103 Å². The molecule has 2 N–H and O–H groups in total. The van der Waals surface area contributed by atoms with Gasteiger partial charge in [0.25, 0.3) is 0 Å². The van der Waals surface area contributed by atoms with E-state index in [-0.39, 0.29) is 36.5 Å². The normalized spacial score (nSPS) is 14.8. The van der Waals surface area contributed by atoms with Crippen LogP contribution in [-0.4, -0.2) is 64.0 Å². The zero-order chi connectivity index (χ0) is 36.8. The Morgan fingerprint density at radius 3 is 1.63 bits per heavy atom. The minimum atomic E-state index is -0.782. The lowest BCUT2D eigenvalue weighted by Crippen LogP contribution is -2.48. The highest BCUT2D eigenvalue weighted by atomic mass is 16.5. The van der Waals surface area contributed by atoms with E-state index in [0.29, 0.717) is 54.5 Å². The molecule has 0 radical (unpaired) electrons. The van der Waals surface area contributed by atoms with Gasteiger partial charge in [-0.2, -0.15) is 0 Å². The maximum Gasteiger partial charge on any atom is 0.249 e. The highest BCUT2D eigenvalue weighted by Crippen LogP contribution is 2.24. The van der Waals surface area contributed by atoms with E-state index in [2.05, 4.69) is 29.7 Å². The lowest BCUT2D eigenvalue weighted by molar-refractivity contribution is -0.128. The molecular formula is C41H50N4O6. The third-order valence-corrected chi connectivity index (χ3v) is 8.97. The maximum atomic E-state index is 13.7. The molecule has 3 aromatic carbocycles. The smallest absolute Gasteiger partial charge is 0.249 e. The predicted molar refractivity (Wildman–Crippen MR) is 201 cm³/mol. The van der Waals surface area contributed by atoms with Crippen LogP contribution in [-0.2, 0) is 25.6 Å². The molecule has 10 heteroatoms. The van der Waals surface area contributed by atoms with Crippen LogP contribution >= 0.6 is 0 Å². The van der Waals surface area contributed by atoms with Crippen LogP contribution < -0.4 is 29.9 Å². The van der Waals surface area contributed by atoms with Crippen LogP contribution in [0.25, 0.3) is 0 Å². The number of benzene rings is 3. The molecule has 4 rings (SSSR count). The van der Waals surface area contributed by atoms with Crippen molar-refractivity contribution in [3.8, 4) is 11.5 Å². The van der Waals surface area contributed by atoms with Crippen LogP contribution in [0.2, 0.25) is 0 Å². The van der Waals surface area contributed by atoms with Crippen molar-refractivity contribution in [3.63, 3.8) is 0 Å². The van der Waals surface area contributed by atoms with Crippen molar-refractivity contribution in [3.05, 3.63) is 108 Å². The van der Waals surface area contributed by atoms with Gasteiger partial charge in [0.15, 0.2) is 0 Å². The molecule has 1 aliphatic carbocycles. The Hall–Kier alpha value is -5.38. The van der Waals surface area contributed by atoms with Crippen molar-refractivity contribution >= 4 is 35.0 Å². The molecule has 3 aromatic rings. The highest BCUT2D eigenvalue weighted by molar-refractivity contribution is 6.00. The molecule has 270 valence electrons. The van der Waals surface area contributed by atoms with Crippen LogP contribution in [0, 0.1) is 5.92 Å². The number of rotatable bonds is 17. The van der Waals surface area contributed by atoms with Gasteiger partial charge in [-0.1, -0.05) is 55.5 Å². The average molecular weight is 695 g/mol. The number of likely N-dealkylation sites (N-methyl/N-ethyl adjacent to an activating group) is 2. The number of nitrogens with zero attached hydrogens (tertiary/aromatic N) is 2. The number of carbonyl (C=O) groups is 4. The van der Waals surface area contributed by atoms with Crippen molar-refractivity contribution in [2.45, 2.75) is 64.0 Å². The molecule has 4 amide bonds.